The standard InChI is InChI=1S/C12H18F2N2/c1-16-6-4-10(9-16)8-15-11-3-2-5-12(13,14)7-11/h4,6,9,11,15H,2-3,5,7-8H2,1H3. The van der Waals surface area contributed by atoms with E-state index in [4.69, 9.17) is 0 Å². The highest BCUT2D eigenvalue weighted by Crippen LogP contribution is 2.33. The smallest absolute Gasteiger partial charge is 0.249 e. The Hall–Kier alpha value is -0.900. The van der Waals surface area contributed by atoms with Crippen molar-refractivity contribution in [3.63, 3.8) is 0 Å². The molecule has 16 heavy (non-hydrogen) atoms. The molecule has 1 N–H and O–H groups in total. The van der Waals surface area contributed by atoms with E-state index in [2.05, 4.69) is 5.32 Å². The van der Waals surface area contributed by atoms with Crippen LogP contribution in [0.5, 0.6) is 0 Å². The molecule has 0 aromatic carbocycles. The Kier molecular flexibility index (Phi) is 3.28. The van der Waals surface area contributed by atoms with Crippen LogP contribution >= 0.6 is 0 Å². The highest BCUT2D eigenvalue weighted by molar-refractivity contribution is 5.09. The third kappa shape index (κ3) is 3.04. The lowest BCUT2D eigenvalue weighted by Crippen LogP contribution is -2.38. The first-order valence-corrected chi connectivity index (χ1v) is 5.77. The Labute approximate surface area is 94.6 Å². The Bertz CT molecular complexity index is 347. The first kappa shape index (κ1) is 11.6. The molecule has 0 aliphatic heterocycles. The summed E-state index contributed by atoms with van der Waals surface area (Å²) in [5, 5.41) is 3.21. The van der Waals surface area contributed by atoms with Gasteiger partial charge in [0.1, 0.15) is 0 Å². The zero-order chi connectivity index (χ0) is 11.6. The van der Waals surface area contributed by atoms with Crippen LogP contribution in [0.1, 0.15) is 31.2 Å². The average molecular weight is 228 g/mol. The molecule has 1 atom stereocenters. The lowest BCUT2D eigenvalue weighted by atomic mass is 9.92. The van der Waals surface area contributed by atoms with Crippen molar-refractivity contribution in [2.45, 2.75) is 44.2 Å². The average Bonchev–Trinajstić information content (AvgIpc) is 2.60. The van der Waals surface area contributed by atoms with Gasteiger partial charge in [-0.2, -0.15) is 0 Å². The molecule has 2 nitrogen and oxygen atoms in total. The number of nitrogens with one attached hydrogen (secondary N) is 1. The maximum atomic E-state index is 13.1. The van der Waals surface area contributed by atoms with E-state index in [1.807, 2.05) is 30.1 Å². The molecule has 0 bridgehead atoms. The van der Waals surface area contributed by atoms with Crippen LogP contribution in [0.4, 0.5) is 8.78 Å². The van der Waals surface area contributed by atoms with Gasteiger partial charge in [-0.05, 0) is 24.5 Å². The summed E-state index contributed by atoms with van der Waals surface area (Å²) in [7, 11) is 1.96. The highest BCUT2D eigenvalue weighted by Gasteiger charge is 2.35. The van der Waals surface area contributed by atoms with Gasteiger partial charge in [0.15, 0.2) is 0 Å². The molecular weight excluding hydrogens is 210 g/mol. The van der Waals surface area contributed by atoms with E-state index in [-0.39, 0.29) is 18.9 Å². The monoisotopic (exact) mass is 228 g/mol. The van der Waals surface area contributed by atoms with Crippen molar-refractivity contribution < 1.29 is 8.78 Å². The minimum absolute atomic E-state index is 0.0141. The molecule has 4 heteroatoms. The molecule has 1 unspecified atom stereocenters. The largest absolute Gasteiger partial charge is 0.357 e. The number of nitrogens with zero attached hydrogens (tertiary/aromatic N) is 1. The van der Waals surface area contributed by atoms with Crippen LogP contribution in [-0.4, -0.2) is 16.5 Å². The van der Waals surface area contributed by atoms with Crippen LogP contribution in [0, 0.1) is 0 Å². The van der Waals surface area contributed by atoms with Gasteiger partial charge in [0.25, 0.3) is 0 Å². The van der Waals surface area contributed by atoms with E-state index in [1.165, 1.54) is 0 Å². The fourth-order valence-electron chi connectivity index (χ4n) is 2.27. The summed E-state index contributed by atoms with van der Waals surface area (Å²) in [5.41, 5.74) is 1.15. The zero-order valence-corrected chi connectivity index (χ0v) is 9.55. The number of hydrogen-bond donors (Lipinski definition) is 1. The van der Waals surface area contributed by atoms with Crippen LogP contribution in [0.25, 0.3) is 0 Å². The van der Waals surface area contributed by atoms with Crippen molar-refractivity contribution in [2.24, 2.45) is 7.05 Å². The molecule has 1 heterocycles. The van der Waals surface area contributed by atoms with Crippen molar-refractivity contribution in [1.29, 1.82) is 0 Å². The first-order chi connectivity index (χ1) is 7.55. The second-order valence-corrected chi connectivity index (χ2v) is 4.72. The van der Waals surface area contributed by atoms with E-state index >= 15 is 0 Å². The summed E-state index contributed by atoms with van der Waals surface area (Å²) < 4.78 is 28.2. The summed E-state index contributed by atoms with van der Waals surface area (Å²) in [6.45, 7) is 0.682. The molecule has 1 aromatic heterocycles. The second kappa shape index (κ2) is 4.53. The normalized spacial score (nSPS) is 24.6. The third-order valence-electron chi connectivity index (χ3n) is 3.13. The Balaban J connectivity index is 1.82. The number of alkyl halides is 2. The van der Waals surface area contributed by atoms with Crippen LogP contribution < -0.4 is 5.32 Å². The van der Waals surface area contributed by atoms with Crippen molar-refractivity contribution in [3.05, 3.63) is 24.0 Å². The van der Waals surface area contributed by atoms with E-state index in [0.717, 1.165) is 12.0 Å². The minimum Gasteiger partial charge on any atom is -0.357 e. The van der Waals surface area contributed by atoms with E-state index in [1.54, 1.807) is 0 Å². The quantitative estimate of drug-likeness (QED) is 0.841. The minimum atomic E-state index is -2.47. The van der Waals surface area contributed by atoms with Gasteiger partial charge in [-0.15, -0.1) is 0 Å². The highest BCUT2D eigenvalue weighted by atomic mass is 19.3. The van der Waals surface area contributed by atoms with E-state index in [0.29, 0.717) is 13.0 Å². The van der Waals surface area contributed by atoms with Crippen molar-refractivity contribution in [2.75, 3.05) is 0 Å². The molecule has 0 spiro atoms. The predicted molar refractivity (Wildman–Crippen MR) is 59.5 cm³/mol. The maximum Gasteiger partial charge on any atom is 0.249 e. The lowest BCUT2D eigenvalue weighted by Gasteiger charge is -2.29. The SMILES string of the molecule is Cn1ccc(CNC2CCCC(F)(F)C2)c1. The Morgan fingerprint density at radius 1 is 1.56 bits per heavy atom. The fraction of sp³-hybridized carbons (Fsp3) is 0.667. The number of rotatable bonds is 3. The van der Waals surface area contributed by atoms with Gasteiger partial charge in [0, 0.05) is 44.9 Å². The molecule has 0 amide bonds. The molecule has 0 saturated heterocycles. The van der Waals surface area contributed by atoms with Gasteiger partial charge >= 0.3 is 0 Å². The molecule has 2 rings (SSSR count). The summed E-state index contributed by atoms with van der Waals surface area (Å²) >= 11 is 0. The van der Waals surface area contributed by atoms with Gasteiger partial charge in [0.05, 0.1) is 0 Å². The third-order valence-corrected chi connectivity index (χ3v) is 3.13. The topological polar surface area (TPSA) is 17.0 Å². The van der Waals surface area contributed by atoms with Crippen LogP contribution in [-0.2, 0) is 13.6 Å². The van der Waals surface area contributed by atoms with Gasteiger partial charge in [0.2, 0.25) is 5.92 Å². The number of aryl methyl sites for hydroxylation is 1. The fourth-order valence-corrected chi connectivity index (χ4v) is 2.27. The molecule has 1 aliphatic rings. The zero-order valence-electron chi connectivity index (χ0n) is 9.55. The van der Waals surface area contributed by atoms with Gasteiger partial charge in [-0.1, -0.05) is 0 Å². The Morgan fingerprint density at radius 3 is 3.00 bits per heavy atom. The number of hydrogen-bond acceptors (Lipinski definition) is 1. The predicted octanol–water partition coefficient (Wildman–Crippen LogP) is 2.69. The molecule has 0 radical (unpaired) electrons. The van der Waals surface area contributed by atoms with E-state index < -0.39 is 5.92 Å². The van der Waals surface area contributed by atoms with Gasteiger partial charge in [-0.3, -0.25) is 0 Å². The van der Waals surface area contributed by atoms with Crippen LogP contribution in [0.3, 0.4) is 0 Å². The molecule has 1 aliphatic carbocycles. The van der Waals surface area contributed by atoms with Crippen LogP contribution in [0.2, 0.25) is 0 Å². The summed E-state index contributed by atoms with van der Waals surface area (Å²) in [6, 6.07) is 1.97. The second-order valence-electron chi connectivity index (χ2n) is 4.72. The van der Waals surface area contributed by atoms with E-state index in [9.17, 15) is 8.78 Å². The molecule has 1 fully saturated rings. The Morgan fingerprint density at radius 2 is 2.38 bits per heavy atom. The summed E-state index contributed by atoms with van der Waals surface area (Å²) in [6.07, 6.45) is 5.50. The van der Waals surface area contributed by atoms with Gasteiger partial charge < -0.3 is 9.88 Å². The maximum absolute atomic E-state index is 13.1. The first-order valence-electron chi connectivity index (χ1n) is 5.77. The van der Waals surface area contributed by atoms with Crippen molar-refractivity contribution in [1.82, 2.24) is 9.88 Å². The van der Waals surface area contributed by atoms with Gasteiger partial charge in [-0.25, -0.2) is 8.78 Å². The lowest BCUT2D eigenvalue weighted by molar-refractivity contribution is -0.0442. The van der Waals surface area contributed by atoms with Crippen molar-refractivity contribution >= 4 is 0 Å². The molecular formula is C12H18F2N2. The van der Waals surface area contributed by atoms with Crippen molar-refractivity contribution in [3.8, 4) is 0 Å². The number of aromatic nitrogens is 1. The molecule has 1 aromatic rings. The number of halogens is 2. The summed E-state index contributed by atoms with van der Waals surface area (Å²) in [4.78, 5) is 0. The molecule has 90 valence electrons. The summed E-state index contributed by atoms with van der Waals surface area (Å²) in [5.74, 6) is -2.47. The molecule has 1 saturated carbocycles. The van der Waals surface area contributed by atoms with Crippen LogP contribution in [0.15, 0.2) is 18.5 Å².